The normalized spacial score (nSPS) is 9.67. The number of benzene rings is 1. The Kier molecular flexibility index (Phi) is 3.22. The maximum Gasteiger partial charge on any atom is 0.0346 e. The molecule has 0 spiro atoms. The predicted octanol–water partition coefficient (Wildman–Crippen LogP) is 3.22. The van der Waals surface area contributed by atoms with E-state index >= 15 is 0 Å². The largest absolute Gasteiger partial charge is 0.264 e. The topological polar surface area (TPSA) is 12.9 Å². The Morgan fingerprint density at radius 3 is 3.00 bits per heavy atom. The Balaban J connectivity index is 2.36. The van der Waals surface area contributed by atoms with Crippen molar-refractivity contribution in [2.24, 2.45) is 0 Å². The average Bonchev–Trinajstić information content (AvgIpc) is 2.29. The number of hydrogen-bond donors (Lipinski definition) is 0. The Bertz CT molecular complexity index is 523. The van der Waals surface area contributed by atoms with Crippen molar-refractivity contribution in [3.63, 3.8) is 0 Å². The third-order valence-corrected chi connectivity index (χ3v) is 2.28. The minimum absolute atomic E-state index is 0.588. The Morgan fingerprint density at radius 2 is 2.13 bits per heavy atom. The van der Waals surface area contributed by atoms with Gasteiger partial charge >= 0.3 is 0 Å². The van der Waals surface area contributed by atoms with Crippen LogP contribution in [-0.4, -0.2) is 10.9 Å². The lowest BCUT2D eigenvalue weighted by Crippen LogP contribution is -1.78. The van der Waals surface area contributed by atoms with Crippen LogP contribution in [0.25, 0.3) is 10.8 Å². The van der Waals surface area contributed by atoms with E-state index in [4.69, 9.17) is 11.6 Å². The number of pyridine rings is 1. The molecule has 0 bridgehead atoms. The third kappa shape index (κ3) is 2.49. The van der Waals surface area contributed by atoms with Crippen LogP contribution in [-0.2, 0) is 0 Å². The van der Waals surface area contributed by atoms with Gasteiger partial charge in [-0.3, -0.25) is 4.98 Å². The summed E-state index contributed by atoms with van der Waals surface area (Å²) >= 11 is 5.55. The molecule has 1 aromatic carbocycles. The van der Waals surface area contributed by atoms with Gasteiger partial charge in [0.25, 0.3) is 0 Å². The standard InChI is InChI=1S/C13H10ClN/c14-7-2-1-3-11-4-5-13-10-15-8-6-12(13)9-11/h4-6,8-10H,2,7H2. The van der Waals surface area contributed by atoms with Crippen LogP contribution in [0.15, 0.2) is 36.7 Å². The highest BCUT2D eigenvalue weighted by atomic mass is 35.5. The molecule has 0 aliphatic rings. The zero-order valence-corrected chi connectivity index (χ0v) is 8.96. The quantitative estimate of drug-likeness (QED) is 0.526. The van der Waals surface area contributed by atoms with Gasteiger partial charge in [0.05, 0.1) is 0 Å². The maximum absolute atomic E-state index is 5.55. The first-order valence-electron chi connectivity index (χ1n) is 4.79. The summed E-state index contributed by atoms with van der Waals surface area (Å²) in [6.07, 6.45) is 4.37. The molecular weight excluding hydrogens is 206 g/mol. The van der Waals surface area contributed by atoms with E-state index in [1.54, 1.807) is 6.20 Å². The number of alkyl halides is 1. The van der Waals surface area contributed by atoms with E-state index in [1.807, 2.05) is 24.4 Å². The summed E-state index contributed by atoms with van der Waals surface area (Å²) in [6, 6.07) is 8.10. The molecule has 0 saturated heterocycles. The summed E-state index contributed by atoms with van der Waals surface area (Å²) in [5.41, 5.74) is 1.03. The predicted molar refractivity (Wildman–Crippen MR) is 64.0 cm³/mol. The second kappa shape index (κ2) is 4.82. The Labute approximate surface area is 94.1 Å². The molecule has 15 heavy (non-hydrogen) atoms. The molecule has 0 saturated carbocycles. The molecular formula is C13H10ClN. The van der Waals surface area contributed by atoms with Gasteiger partial charge in [-0.25, -0.2) is 0 Å². The molecule has 0 aliphatic carbocycles. The van der Waals surface area contributed by atoms with Crippen molar-refractivity contribution in [3.8, 4) is 11.8 Å². The number of aromatic nitrogens is 1. The number of fused-ring (bicyclic) bond motifs is 1. The van der Waals surface area contributed by atoms with Gasteiger partial charge in [0, 0.05) is 35.6 Å². The zero-order valence-electron chi connectivity index (χ0n) is 8.20. The molecule has 2 rings (SSSR count). The molecule has 2 aromatic rings. The van der Waals surface area contributed by atoms with Crippen LogP contribution in [0.1, 0.15) is 12.0 Å². The monoisotopic (exact) mass is 215 g/mol. The average molecular weight is 216 g/mol. The van der Waals surface area contributed by atoms with Crippen molar-refractivity contribution < 1.29 is 0 Å². The molecule has 74 valence electrons. The van der Waals surface area contributed by atoms with E-state index in [9.17, 15) is 0 Å². The van der Waals surface area contributed by atoms with Crippen LogP contribution in [0.5, 0.6) is 0 Å². The maximum atomic E-state index is 5.55. The molecule has 0 N–H and O–H groups in total. The molecule has 2 heteroatoms. The van der Waals surface area contributed by atoms with Crippen LogP contribution in [0.4, 0.5) is 0 Å². The molecule has 0 fully saturated rings. The Hall–Kier alpha value is -1.52. The van der Waals surface area contributed by atoms with Crippen LogP contribution >= 0.6 is 11.6 Å². The van der Waals surface area contributed by atoms with E-state index in [0.29, 0.717) is 5.88 Å². The van der Waals surface area contributed by atoms with Gasteiger partial charge in [-0.2, -0.15) is 0 Å². The molecule has 0 atom stereocenters. The van der Waals surface area contributed by atoms with Crippen molar-refractivity contribution >= 4 is 22.4 Å². The minimum Gasteiger partial charge on any atom is -0.264 e. The molecule has 1 heterocycles. The van der Waals surface area contributed by atoms with E-state index in [0.717, 1.165) is 17.4 Å². The first kappa shape index (κ1) is 10.0. The fourth-order valence-electron chi connectivity index (χ4n) is 1.37. The van der Waals surface area contributed by atoms with E-state index in [1.165, 1.54) is 5.39 Å². The lowest BCUT2D eigenvalue weighted by molar-refractivity contribution is 1.29. The second-order valence-corrected chi connectivity index (χ2v) is 3.56. The van der Waals surface area contributed by atoms with Crippen molar-refractivity contribution in [3.05, 3.63) is 42.2 Å². The van der Waals surface area contributed by atoms with Gasteiger partial charge < -0.3 is 0 Å². The minimum atomic E-state index is 0.588. The molecule has 1 aromatic heterocycles. The van der Waals surface area contributed by atoms with Gasteiger partial charge in [0.1, 0.15) is 0 Å². The second-order valence-electron chi connectivity index (χ2n) is 3.18. The van der Waals surface area contributed by atoms with Crippen molar-refractivity contribution in [1.82, 2.24) is 4.98 Å². The highest BCUT2D eigenvalue weighted by molar-refractivity contribution is 6.18. The summed E-state index contributed by atoms with van der Waals surface area (Å²) in [5.74, 6) is 6.69. The van der Waals surface area contributed by atoms with Crippen LogP contribution in [0, 0.1) is 11.8 Å². The molecule has 1 nitrogen and oxygen atoms in total. The summed E-state index contributed by atoms with van der Waals surface area (Å²) in [5, 5.41) is 2.31. The fourth-order valence-corrected chi connectivity index (χ4v) is 1.47. The van der Waals surface area contributed by atoms with Crippen molar-refractivity contribution in [2.45, 2.75) is 6.42 Å². The first-order valence-corrected chi connectivity index (χ1v) is 5.32. The van der Waals surface area contributed by atoms with Gasteiger partial charge in [0.15, 0.2) is 0 Å². The number of hydrogen-bond acceptors (Lipinski definition) is 1. The summed E-state index contributed by atoms with van der Waals surface area (Å²) in [4.78, 5) is 4.06. The van der Waals surface area contributed by atoms with Gasteiger partial charge in [0.2, 0.25) is 0 Å². The van der Waals surface area contributed by atoms with Gasteiger partial charge in [-0.15, -0.1) is 11.6 Å². The third-order valence-electron chi connectivity index (χ3n) is 2.09. The van der Waals surface area contributed by atoms with E-state index < -0.39 is 0 Å². The van der Waals surface area contributed by atoms with E-state index in [-0.39, 0.29) is 0 Å². The fraction of sp³-hybridized carbons (Fsp3) is 0.154. The van der Waals surface area contributed by atoms with Crippen LogP contribution in [0.2, 0.25) is 0 Å². The van der Waals surface area contributed by atoms with Gasteiger partial charge in [-0.05, 0) is 23.6 Å². The van der Waals surface area contributed by atoms with E-state index in [2.05, 4.69) is 22.9 Å². The summed E-state index contributed by atoms with van der Waals surface area (Å²) < 4.78 is 0. The summed E-state index contributed by atoms with van der Waals surface area (Å²) in [6.45, 7) is 0. The molecule has 0 radical (unpaired) electrons. The SMILES string of the molecule is ClCCC#Cc1ccc2cnccc2c1. The molecule has 0 unspecified atom stereocenters. The van der Waals surface area contributed by atoms with Crippen molar-refractivity contribution in [2.75, 3.05) is 5.88 Å². The van der Waals surface area contributed by atoms with Crippen LogP contribution < -0.4 is 0 Å². The Morgan fingerprint density at radius 1 is 1.20 bits per heavy atom. The zero-order chi connectivity index (χ0) is 10.5. The lowest BCUT2D eigenvalue weighted by atomic mass is 10.1. The molecule has 0 amide bonds. The number of rotatable bonds is 1. The number of nitrogens with zero attached hydrogens (tertiary/aromatic N) is 1. The number of halogens is 1. The van der Waals surface area contributed by atoms with Crippen molar-refractivity contribution in [1.29, 1.82) is 0 Å². The van der Waals surface area contributed by atoms with Gasteiger partial charge in [-0.1, -0.05) is 17.9 Å². The highest BCUT2D eigenvalue weighted by Gasteiger charge is 1.92. The lowest BCUT2D eigenvalue weighted by Gasteiger charge is -1.96. The highest BCUT2D eigenvalue weighted by Crippen LogP contribution is 2.13. The molecule has 0 aliphatic heterocycles. The first-order chi connectivity index (χ1) is 7.40. The van der Waals surface area contributed by atoms with Crippen LogP contribution in [0.3, 0.4) is 0 Å². The summed E-state index contributed by atoms with van der Waals surface area (Å²) in [7, 11) is 0. The smallest absolute Gasteiger partial charge is 0.0346 e.